The van der Waals surface area contributed by atoms with Gasteiger partial charge in [0.15, 0.2) is 0 Å². The van der Waals surface area contributed by atoms with Crippen molar-refractivity contribution in [1.29, 1.82) is 0 Å². The Morgan fingerprint density at radius 1 is 0.788 bits per heavy atom. The van der Waals surface area contributed by atoms with Crippen molar-refractivity contribution in [1.82, 2.24) is 4.68 Å². The van der Waals surface area contributed by atoms with Crippen molar-refractivity contribution >= 4 is 63.2 Å². The molecule has 1 aromatic heterocycles. The van der Waals surface area contributed by atoms with Gasteiger partial charge in [-0.05, 0) is 67.1 Å². The lowest BCUT2D eigenvalue weighted by Crippen LogP contribution is -2.36. The fourth-order valence-electron chi connectivity index (χ4n) is 3.25. The standard InChI is InChI=1S/C24H18Cl2N4O3/c1-14-4-2-3-5-19(14)28-22(31)21-13-15-12-17(26)8-11-20(15)30(21)29-24(33)23(32)27-18-9-6-16(25)7-10-18/h2-13H,1H3,(H,27,32)(H,28,31)(H,29,33). The Morgan fingerprint density at radius 3 is 2.21 bits per heavy atom. The zero-order chi connectivity index (χ0) is 23.5. The molecule has 3 amide bonds. The summed E-state index contributed by atoms with van der Waals surface area (Å²) in [4.78, 5) is 38.2. The number of fused-ring (bicyclic) bond motifs is 1. The maximum absolute atomic E-state index is 13.1. The first-order chi connectivity index (χ1) is 15.8. The molecule has 1 heterocycles. The van der Waals surface area contributed by atoms with E-state index in [1.165, 1.54) is 4.68 Å². The first kappa shape index (κ1) is 22.4. The molecule has 0 saturated heterocycles. The predicted molar refractivity (Wildman–Crippen MR) is 131 cm³/mol. The summed E-state index contributed by atoms with van der Waals surface area (Å²) in [6, 6.07) is 20.2. The van der Waals surface area contributed by atoms with Crippen molar-refractivity contribution in [3.63, 3.8) is 0 Å². The van der Waals surface area contributed by atoms with Gasteiger partial charge in [0.1, 0.15) is 5.69 Å². The van der Waals surface area contributed by atoms with Crippen LogP contribution in [0.4, 0.5) is 11.4 Å². The molecule has 0 aliphatic carbocycles. The Labute approximate surface area is 199 Å². The van der Waals surface area contributed by atoms with Crippen LogP contribution in [0.2, 0.25) is 10.0 Å². The number of halogens is 2. The number of nitrogens with zero attached hydrogens (tertiary/aromatic N) is 1. The summed E-state index contributed by atoms with van der Waals surface area (Å²) in [5.41, 5.74) is 5.04. The summed E-state index contributed by atoms with van der Waals surface area (Å²) in [6.45, 7) is 1.87. The highest BCUT2D eigenvalue weighted by Gasteiger charge is 2.21. The molecule has 0 spiro atoms. The highest BCUT2D eigenvalue weighted by atomic mass is 35.5. The zero-order valence-electron chi connectivity index (χ0n) is 17.4. The molecule has 0 aliphatic rings. The van der Waals surface area contributed by atoms with Crippen molar-refractivity contribution in [2.45, 2.75) is 6.92 Å². The lowest BCUT2D eigenvalue weighted by molar-refractivity contribution is -0.133. The number of para-hydroxylation sites is 1. The lowest BCUT2D eigenvalue weighted by atomic mass is 10.2. The molecule has 0 radical (unpaired) electrons. The van der Waals surface area contributed by atoms with Crippen LogP contribution in [0.25, 0.3) is 10.9 Å². The fourth-order valence-corrected chi connectivity index (χ4v) is 3.55. The number of benzene rings is 3. The van der Waals surface area contributed by atoms with E-state index in [-0.39, 0.29) is 5.69 Å². The minimum Gasteiger partial charge on any atom is -0.320 e. The van der Waals surface area contributed by atoms with E-state index < -0.39 is 17.7 Å². The van der Waals surface area contributed by atoms with Gasteiger partial charge < -0.3 is 10.6 Å². The van der Waals surface area contributed by atoms with Gasteiger partial charge in [-0.1, -0.05) is 41.4 Å². The summed E-state index contributed by atoms with van der Waals surface area (Å²) in [6.07, 6.45) is 0. The van der Waals surface area contributed by atoms with Gasteiger partial charge >= 0.3 is 11.8 Å². The topological polar surface area (TPSA) is 92.2 Å². The second-order valence-corrected chi connectivity index (χ2v) is 8.11. The third-order valence-corrected chi connectivity index (χ3v) is 5.40. The monoisotopic (exact) mass is 480 g/mol. The van der Waals surface area contributed by atoms with E-state index in [0.29, 0.717) is 32.3 Å². The van der Waals surface area contributed by atoms with E-state index >= 15 is 0 Å². The van der Waals surface area contributed by atoms with Gasteiger partial charge in [0.25, 0.3) is 5.91 Å². The predicted octanol–water partition coefficient (Wildman–Crippen LogP) is 5.22. The Hall–Kier alpha value is -3.81. The molecule has 0 bridgehead atoms. The Kier molecular flexibility index (Phi) is 6.35. The van der Waals surface area contributed by atoms with E-state index in [1.54, 1.807) is 60.7 Å². The van der Waals surface area contributed by atoms with E-state index in [1.807, 2.05) is 19.1 Å². The molecule has 9 heteroatoms. The van der Waals surface area contributed by atoms with Crippen LogP contribution >= 0.6 is 23.2 Å². The van der Waals surface area contributed by atoms with Crippen LogP contribution in [0, 0.1) is 6.92 Å². The SMILES string of the molecule is Cc1ccccc1NC(=O)c1cc2cc(Cl)ccc2n1NC(=O)C(=O)Nc1ccc(Cl)cc1. The van der Waals surface area contributed by atoms with Crippen LogP contribution in [0.5, 0.6) is 0 Å². The third kappa shape index (κ3) is 5.00. The maximum atomic E-state index is 13.1. The van der Waals surface area contributed by atoms with Gasteiger partial charge in [-0.3, -0.25) is 19.8 Å². The Balaban J connectivity index is 1.63. The molecule has 33 heavy (non-hydrogen) atoms. The van der Waals surface area contributed by atoms with E-state index in [0.717, 1.165) is 5.56 Å². The second kappa shape index (κ2) is 9.36. The summed E-state index contributed by atoms with van der Waals surface area (Å²) in [7, 11) is 0. The molecule has 3 aromatic carbocycles. The van der Waals surface area contributed by atoms with E-state index in [9.17, 15) is 14.4 Å². The number of carbonyl (C=O) groups is 3. The van der Waals surface area contributed by atoms with Crippen LogP contribution < -0.4 is 16.1 Å². The molecule has 3 N–H and O–H groups in total. The minimum absolute atomic E-state index is 0.128. The fraction of sp³-hybridized carbons (Fsp3) is 0.0417. The molecule has 4 rings (SSSR count). The van der Waals surface area contributed by atoms with Crippen LogP contribution in [-0.4, -0.2) is 22.4 Å². The maximum Gasteiger partial charge on any atom is 0.328 e. The molecule has 166 valence electrons. The Bertz CT molecular complexity index is 1380. The second-order valence-electron chi connectivity index (χ2n) is 7.24. The molecule has 0 aliphatic heterocycles. The summed E-state index contributed by atoms with van der Waals surface area (Å²) in [5.74, 6) is -2.32. The van der Waals surface area contributed by atoms with Crippen LogP contribution in [0.1, 0.15) is 16.1 Å². The molecule has 4 aromatic rings. The van der Waals surface area contributed by atoms with Crippen molar-refractivity contribution in [3.8, 4) is 0 Å². The molecule has 0 atom stereocenters. The number of aryl methyl sites for hydroxylation is 1. The third-order valence-electron chi connectivity index (χ3n) is 4.91. The quantitative estimate of drug-likeness (QED) is 0.349. The number of carbonyl (C=O) groups excluding carboxylic acids is 3. The molecule has 0 saturated carbocycles. The van der Waals surface area contributed by atoms with Gasteiger partial charge in [-0.25, -0.2) is 4.68 Å². The summed E-state index contributed by atoms with van der Waals surface area (Å²) in [5, 5.41) is 6.91. The Morgan fingerprint density at radius 2 is 1.48 bits per heavy atom. The van der Waals surface area contributed by atoms with Crippen molar-refractivity contribution < 1.29 is 14.4 Å². The largest absolute Gasteiger partial charge is 0.328 e. The van der Waals surface area contributed by atoms with Crippen LogP contribution in [0.3, 0.4) is 0 Å². The van der Waals surface area contributed by atoms with E-state index in [4.69, 9.17) is 23.2 Å². The van der Waals surface area contributed by atoms with E-state index in [2.05, 4.69) is 16.1 Å². The van der Waals surface area contributed by atoms with Gasteiger partial charge in [-0.2, -0.15) is 0 Å². The number of hydrogen-bond acceptors (Lipinski definition) is 3. The molecule has 0 fully saturated rings. The number of nitrogens with one attached hydrogen (secondary N) is 3. The number of amides is 3. The highest BCUT2D eigenvalue weighted by molar-refractivity contribution is 6.42. The first-order valence-corrected chi connectivity index (χ1v) is 10.6. The van der Waals surface area contributed by atoms with Gasteiger partial charge in [0, 0.05) is 26.8 Å². The van der Waals surface area contributed by atoms with Gasteiger partial charge in [0.05, 0.1) is 5.52 Å². The van der Waals surface area contributed by atoms with Gasteiger partial charge in [-0.15, -0.1) is 0 Å². The summed E-state index contributed by atoms with van der Waals surface area (Å²) >= 11 is 11.9. The minimum atomic E-state index is -0.956. The normalized spacial score (nSPS) is 10.6. The first-order valence-electron chi connectivity index (χ1n) is 9.88. The number of anilines is 2. The van der Waals surface area contributed by atoms with Crippen LogP contribution in [0.15, 0.2) is 72.8 Å². The number of rotatable bonds is 4. The van der Waals surface area contributed by atoms with Crippen molar-refractivity contribution in [2.75, 3.05) is 16.1 Å². The number of aromatic nitrogens is 1. The highest BCUT2D eigenvalue weighted by Crippen LogP contribution is 2.24. The lowest BCUT2D eigenvalue weighted by Gasteiger charge is -2.13. The average molecular weight is 481 g/mol. The molecule has 7 nitrogen and oxygen atoms in total. The molecule has 0 unspecified atom stereocenters. The smallest absolute Gasteiger partial charge is 0.320 e. The summed E-state index contributed by atoms with van der Waals surface area (Å²) < 4.78 is 1.27. The van der Waals surface area contributed by atoms with Crippen LogP contribution in [-0.2, 0) is 9.59 Å². The van der Waals surface area contributed by atoms with Crippen molar-refractivity contribution in [3.05, 3.63) is 94.1 Å². The van der Waals surface area contributed by atoms with Gasteiger partial charge in [0.2, 0.25) is 0 Å². The molecular formula is C24H18Cl2N4O3. The average Bonchev–Trinajstić information content (AvgIpc) is 3.14. The van der Waals surface area contributed by atoms with Crippen molar-refractivity contribution in [2.24, 2.45) is 0 Å². The molecular weight excluding hydrogens is 463 g/mol. The number of hydrogen-bond donors (Lipinski definition) is 3. The zero-order valence-corrected chi connectivity index (χ0v) is 18.9.